The fourth-order valence-corrected chi connectivity index (χ4v) is 3.01. The summed E-state index contributed by atoms with van der Waals surface area (Å²) in [6, 6.07) is 6.93. The third-order valence-corrected chi connectivity index (χ3v) is 4.97. The highest BCUT2D eigenvalue weighted by Gasteiger charge is 2.19. The molecule has 1 aromatic rings. The number of alkyl halides is 1. The molecule has 0 heterocycles. The number of rotatable bonds is 7. The van der Waals surface area contributed by atoms with Crippen molar-refractivity contribution >= 4 is 21.6 Å². The summed E-state index contributed by atoms with van der Waals surface area (Å²) in [7, 11) is -1.72. The number of unbranched alkanes of at least 4 members (excludes halogenated alkanes) is 2. The van der Waals surface area contributed by atoms with Gasteiger partial charge < -0.3 is 0 Å². The van der Waals surface area contributed by atoms with E-state index in [1.807, 2.05) is 19.1 Å². The molecule has 0 fully saturated rings. The maximum atomic E-state index is 12.2. The van der Waals surface area contributed by atoms with Crippen molar-refractivity contribution in [3.8, 4) is 0 Å². The summed E-state index contributed by atoms with van der Waals surface area (Å²) in [5.41, 5.74) is 1.05. The number of hydrogen-bond acceptors (Lipinski definition) is 2. The molecule has 0 aromatic heterocycles. The van der Waals surface area contributed by atoms with Gasteiger partial charge in [0.1, 0.15) is 0 Å². The van der Waals surface area contributed by atoms with Gasteiger partial charge >= 0.3 is 0 Å². The van der Waals surface area contributed by atoms with E-state index in [0.29, 0.717) is 17.3 Å². The zero-order valence-electron chi connectivity index (χ0n) is 10.9. The second kappa shape index (κ2) is 7.12. The van der Waals surface area contributed by atoms with Crippen LogP contribution in [-0.2, 0) is 10.0 Å². The van der Waals surface area contributed by atoms with Gasteiger partial charge in [-0.1, -0.05) is 24.1 Å². The molecule has 0 radical (unpaired) electrons. The van der Waals surface area contributed by atoms with Crippen molar-refractivity contribution in [1.82, 2.24) is 4.31 Å². The minimum atomic E-state index is -3.34. The molecule has 0 N–H and O–H groups in total. The SMILES string of the molecule is Cc1ccc(S(=O)(=O)N(C)CCCCCCl)cc1. The van der Waals surface area contributed by atoms with Crippen LogP contribution >= 0.6 is 11.6 Å². The van der Waals surface area contributed by atoms with Crippen LogP contribution in [0.5, 0.6) is 0 Å². The van der Waals surface area contributed by atoms with Gasteiger partial charge in [-0.05, 0) is 31.9 Å². The first-order valence-corrected chi connectivity index (χ1v) is 8.05. The van der Waals surface area contributed by atoms with Crippen molar-refractivity contribution in [2.45, 2.75) is 31.1 Å². The van der Waals surface area contributed by atoms with E-state index in [2.05, 4.69) is 0 Å². The van der Waals surface area contributed by atoms with Crippen LogP contribution in [0, 0.1) is 6.92 Å². The Balaban J connectivity index is 2.65. The van der Waals surface area contributed by atoms with Crippen molar-refractivity contribution in [2.24, 2.45) is 0 Å². The van der Waals surface area contributed by atoms with E-state index in [0.717, 1.165) is 24.8 Å². The van der Waals surface area contributed by atoms with Crippen molar-refractivity contribution in [1.29, 1.82) is 0 Å². The number of hydrogen-bond donors (Lipinski definition) is 0. The molecule has 0 bridgehead atoms. The molecule has 18 heavy (non-hydrogen) atoms. The molecule has 5 heteroatoms. The van der Waals surface area contributed by atoms with E-state index in [-0.39, 0.29) is 0 Å². The summed E-state index contributed by atoms with van der Waals surface area (Å²) in [4.78, 5) is 0.355. The first-order chi connectivity index (χ1) is 8.48. The predicted octanol–water partition coefficient (Wildman–Crippen LogP) is 3.02. The fourth-order valence-electron chi connectivity index (χ4n) is 1.62. The molecule has 1 aromatic carbocycles. The lowest BCUT2D eigenvalue weighted by Crippen LogP contribution is -2.28. The summed E-state index contributed by atoms with van der Waals surface area (Å²) >= 11 is 5.59. The number of aryl methyl sites for hydroxylation is 1. The maximum Gasteiger partial charge on any atom is 0.242 e. The molecule has 102 valence electrons. The molecule has 0 spiro atoms. The lowest BCUT2D eigenvalue weighted by Gasteiger charge is -2.17. The second-order valence-corrected chi connectivity index (χ2v) is 6.81. The van der Waals surface area contributed by atoms with Gasteiger partial charge in [0.2, 0.25) is 10.0 Å². The molecule has 0 saturated carbocycles. The van der Waals surface area contributed by atoms with Gasteiger partial charge in [-0.3, -0.25) is 0 Å². The Morgan fingerprint density at radius 3 is 2.28 bits per heavy atom. The third kappa shape index (κ3) is 4.26. The largest absolute Gasteiger partial charge is 0.242 e. The summed E-state index contributed by atoms with van der Waals surface area (Å²) in [5, 5.41) is 0. The lowest BCUT2D eigenvalue weighted by molar-refractivity contribution is 0.454. The van der Waals surface area contributed by atoms with Crippen LogP contribution in [0.15, 0.2) is 29.2 Å². The summed E-state index contributed by atoms with van der Waals surface area (Å²) in [6.07, 6.45) is 2.73. The van der Waals surface area contributed by atoms with E-state index >= 15 is 0 Å². The van der Waals surface area contributed by atoms with E-state index in [9.17, 15) is 8.42 Å². The van der Waals surface area contributed by atoms with Gasteiger partial charge in [0.15, 0.2) is 0 Å². The molecule has 0 saturated heterocycles. The molecular weight excluding hydrogens is 270 g/mol. The first-order valence-electron chi connectivity index (χ1n) is 6.07. The van der Waals surface area contributed by atoms with E-state index < -0.39 is 10.0 Å². The van der Waals surface area contributed by atoms with Crippen molar-refractivity contribution in [3.05, 3.63) is 29.8 Å². The molecule has 0 aliphatic carbocycles. The van der Waals surface area contributed by atoms with Crippen molar-refractivity contribution in [2.75, 3.05) is 19.5 Å². The van der Waals surface area contributed by atoms with E-state index in [1.165, 1.54) is 4.31 Å². The summed E-state index contributed by atoms with van der Waals surface area (Å²) < 4.78 is 25.8. The smallest absolute Gasteiger partial charge is 0.207 e. The second-order valence-electron chi connectivity index (χ2n) is 4.39. The summed E-state index contributed by atoms with van der Waals surface area (Å²) in [6.45, 7) is 2.47. The standard InChI is InChI=1S/C13H20ClNO2S/c1-12-6-8-13(9-7-12)18(16,17)15(2)11-5-3-4-10-14/h6-9H,3-5,10-11H2,1-2H3. The number of benzene rings is 1. The summed E-state index contributed by atoms with van der Waals surface area (Å²) in [5.74, 6) is 0.633. The Morgan fingerprint density at radius 1 is 1.11 bits per heavy atom. The van der Waals surface area contributed by atoms with Gasteiger partial charge in [-0.25, -0.2) is 12.7 Å². The minimum Gasteiger partial charge on any atom is -0.207 e. The minimum absolute atomic E-state index is 0.355. The Kier molecular flexibility index (Phi) is 6.12. The normalized spacial score (nSPS) is 12.0. The number of halogens is 1. The average molecular weight is 290 g/mol. The number of nitrogens with zero attached hydrogens (tertiary/aromatic N) is 1. The predicted molar refractivity (Wildman–Crippen MR) is 75.6 cm³/mol. The molecule has 0 atom stereocenters. The first kappa shape index (κ1) is 15.5. The Hall–Kier alpha value is -0.580. The molecule has 0 amide bonds. The van der Waals surface area contributed by atoms with Crippen LogP contribution < -0.4 is 0 Å². The van der Waals surface area contributed by atoms with Crippen LogP contribution in [-0.4, -0.2) is 32.2 Å². The topological polar surface area (TPSA) is 37.4 Å². The van der Waals surface area contributed by atoms with Crippen LogP contribution in [0.4, 0.5) is 0 Å². The number of sulfonamides is 1. The molecule has 0 unspecified atom stereocenters. The van der Waals surface area contributed by atoms with Gasteiger partial charge in [0.05, 0.1) is 4.90 Å². The van der Waals surface area contributed by atoms with Crippen LogP contribution in [0.3, 0.4) is 0 Å². The van der Waals surface area contributed by atoms with E-state index in [1.54, 1.807) is 19.2 Å². The molecule has 0 aliphatic heterocycles. The zero-order chi connectivity index (χ0) is 13.6. The maximum absolute atomic E-state index is 12.2. The third-order valence-electron chi connectivity index (χ3n) is 2.84. The van der Waals surface area contributed by atoms with Gasteiger partial charge in [0, 0.05) is 19.5 Å². The quantitative estimate of drug-likeness (QED) is 0.571. The van der Waals surface area contributed by atoms with Gasteiger partial charge in [-0.15, -0.1) is 11.6 Å². The Labute approximate surface area is 115 Å². The van der Waals surface area contributed by atoms with Crippen molar-refractivity contribution < 1.29 is 8.42 Å². The van der Waals surface area contributed by atoms with Crippen LogP contribution in [0.25, 0.3) is 0 Å². The molecule has 3 nitrogen and oxygen atoms in total. The Morgan fingerprint density at radius 2 is 1.72 bits per heavy atom. The van der Waals surface area contributed by atoms with Crippen LogP contribution in [0.1, 0.15) is 24.8 Å². The monoisotopic (exact) mass is 289 g/mol. The van der Waals surface area contributed by atoms with E-state index in [4.69, 9.17) is 11.6 Å². The van der Waals surface area contributed by atoms with Crippen molar-refractivity contribution in [3.63, 3.8) is 0 Å². The average Bonchev–Trinajstić information content (AvgIpc) is 2.35. The highest BCUT2D eigenvalue weighted by Crippen LogP contribution is 2.15. The van der Waals surface area contributed by atoms with Crippen LogP contribution in [0.2, 0.25) is 0 Å². The highest BCUT2D eigenvalue weighted by atomic mass is 35.5. The van der Waals surface area contributed by atoms with Gasteiger partial charge in [0.25, 0.3) is 0 Å². The molecular formula is C13H20ClNO2S. The zero-order valence-corrected chi connectivity index (χ0v) is 12.5. The fraction of sp³-hybridized carbons (Fsp3) is 0.538. The lowest BCUT2D eigenvalue weighted by atomic mass is 10.2. The highest BCUT2D eigenvalue weighted by molar-refractivity contribution is 7.89. The molecule has 0 aliphatic rings. The molecule has 1 rings (SSSR count). The Bertz CT molecular complexity index is 456. The van der Waals surface area contributed by atoms with Gasteiger partial charge in [-0.2, -0.15) is 0 Å².